The van der Waals surface area contributed by atoms with Crippen LogP contribution in [0.15, 0.2) is 12.4 Å². The highest BCUT2D eigenvalue weighted by molar-refractivity contribution is 5.30. The molecular formula is C8H15N3. The first-order valence-electron chi connectivity index (χ1n) is 3.83. The highest BCUT2D eigenvalue weighted by atomic mass is 15.3. The van der Waals surface area contributed by atoms with Crippen molar-refractivity contribution in [3.05, 3.63) is 12.4 Å². The summed E-state index contributed by atoms with van der Waals surface area (Å²) >= 11 is 0. The first-order chi connectivity index (χ1) is 5.13. The molecule has 0 bridgehead atoms. The lowest BCUT2D eigenvalue weighted by atomic mass is 10.4. The number of aryl methyl sites for hydroxylation is 1. The van der Waals surface area contributed by atoms with E-state index in [1.165, 1.54) is 0 Å². The second-order valence-electron chi connectivity index (χ2n) is 3.04. The molecule has 1 heterocycles. The Morgan fingerprint density at radius 1 is 1.55 bits per heavy atom. The number of hydrogen-bond donors (Lipinski definition) is 0. The molecule has 0 aliphatic carbocycles. The normalized spacial score (nSPS) is 10.6. The van der Waals surface area contributed by atoms with Gasteiger partial charge in [0.25, 0.3) is 0 Å². The van der Waals surface area contributed by atoms with Gasteiger partial charge in [-0.05, 0) is 13.8 Å². The standard InChI is InChI=1S/C8H15N3/c1-7(2)11(4)8-9-5-6-10(8)3/h5-7H,1-4H3. The summed E-state index contributed by atoms with van der Waals surface area (Å²) in [5.41, 5.74) is 0. The van der Waals surface area contributed by atoms with Gasteiger partial charge in [-0.2, -0.15) is 0 Å². The average Bonchev–Trinajstić information content (AvgIpc) is 2.33. The molecule has 1 aromatic rings. The molecule has 1 aromatic heterocycles. The predicted octanol–water partition coefficient (Wildman–Crippen LogP) is 1.26. The molecule has 62 valence electrons. The minimum absolute atomic E-state index is 0.496. The van der Waals surface area contributed by atoms with Gasteiger partial charge in [0.1, 0.15) is 0 Å². The summed E-state index contributed by atoms with van der Waals surface area (Å²) in [5, 5.41) is 0. The third kappa shape index (κ3) is 1.53. The molecule has 1 rings (SSSR count). The van der Waals surface area contributed by atoms with Gasteiger partial charge in [-0.25, -0.2) is 4.98 Å². The Bertz CT molecular complexity index is 227. The molecule has 0 saturated heterocycles. The van der Waals surface area contributed by atoms with E-state index in [1.807, 2.05) is 31.1 Å². The van der Waals surface area contributed by atoms with Gasteiger partial charge in [-0.1, -0.05) is 0 Å². The second kappa shape index (κ2) is 2.95. The number of aromatic nitrogens is 2. The van der Waals surface area contributed by atoms with Crippen LogP contribution < -0.4 is 4.90 Å². The number of imidazole rings is 1. The quantitative estimate of drug-likeness (QED) is 0.638. The van der Waals surface area contributed by atoms with Crippen LogP contribution in [0.1, 0.15) is 13.8 Å². The molecule has 0 N–H and O–H groups in total. The summed E-state index contributed by atoms with van der Waals surface area (Å²) in [6.45, 7) is 4.30. The molecule has 0 fully saturated rings. The molecule has 0 aliphatic rings. The summed E-state index contributed by atoms with van der Waals surface area (Å²) in [4.78, 5) is 6.36. The van der Waals surface area contributed by atoms with Crippen LogP contribution in [0, 0.1) is 0 Å². The monoisotopic (exact) mass is 153 g/mol. The van der Waals surface area contributed by atoms with Gasteiger partial charge < -0.3 is 9.47 Å². The number of hydrogen-bond acceptors (Lipinski definition) is 2. The van der Waals surface area contributed by atoms with E-state index in [4.69, 9.17) is 0 Å². The lowest BCUT2D eigenvalue weighted by Gasteiger charge is -2.22. The van der Waals surface area contributed by atoms with Gasteiger partial charge in [-0.15, -0.1) is 0 Å². The fraction of sp³-hybridized carbons (Fsp3) is 0.625. The van der Waals surface area contributed by atoms with Crippen molar-refractivity contribution < 1.29 is 0 Å². The highest BCUT2D eigenvalue weighted by Gasteiger charge is 2.07. The smallest absolute Gasteiger partial charge is 0.205 e. The molecule has 0 amide bonds. The zero-order valence-electron chi connectivity index (χ0n) is 7.57. The van der Waals surface area contributed by atoms with E-state index in [2.05, 4.69) is 23.7 Å². The van der Waals surface area contributed by atoms with Crippen LogP contribution >= 0.6 is 0 Å². The summed E-state index contributed by atoms with van der Waals surface area (Å²) < 4.78 is 2.01. The van der Waals surface area contributed by atoms with Crippen molar-refractivity contribution in [2.24, 2.45) is 7.05 Å². The van der Waals surface area contributed by atoms with Crippen LogP contribution in [-0.2, 0) is 7.05 Å². The zero-order valence-corrected chi connectivity index (χ0v) is 7.57. The van der Waals surface area contributed by atoms with Crippen molar-refractivity contribution in [1.82, 2.24) is 9.55 Å². The van der Waals surface area contributed by atoms with E-state index in [0.29, 0.717) is 6.04 Å². The third-order valence-corrected chi connectivity index (χ3v) is 1.89. The van der Waals surface area contributed by atoms with Crippen LogP contribution in [-0.4, -0.2) is 22.6 Å². The maximum Gasteiger partial charge on any atom is 0.205 e. The van der Waals surface area contributed by atoms with Crippen molar-refractivity contribution in [2.75, 3.05) is 11.9 Å². The van der Waals surface area contributed by atoms with Gasteiger partial charge in [0.2, 0.25) is 5.95 Å². The Kier molecular flexibility index (Phi) is 2.17. The number of rotatable bonds is 2. The Labute approximate surface area is 67.7 Å². The molecule has 3 nitrogen and oxygen atoms in total. The van der Waals surface area contributed by atoms with Crippen molar-refractivity contribution >= 4 is 5.95 Å². The van der Waals surface area contributed by atoms with E-state index in [-0.39, 0.29) is 0 Å². The second-order valence-corrected chi connectivity index (χ2v) is 3.04. The predicted molar refractivity (Wildman–Crippen MR) is 46.7 cm³/mol. The fourth-order valence-electron chi connectivity index (χ4n) is 0.929. The lowest BCUT2D eigenvalue weighted by Crippen LogP contribution is -2.28. The summed E-state index contributed by atoms with van der Waals surface area (Å²) in [5.74, 6) is 1.01. The van der Waals surface area contributed by atoms with Crippen LogP contribution in [0.5, 0.6) is 0 Å². The van der Waals surface area contributed by atoms with Crippen molar-refractivity contribution in [1.29, 1.82) is 0 Å². The summed E-state index contributed by atoms with van der Waals surface area (Å²) in [6, 6.07) is 0.496. The fourth-order valence-corrected chi connectivity index (χ4v) is 0.929. The Morgan fingerprint density at radius 2 is 2.18 bits per heavy atom. The van der Waals surface area contributed by atoms with Crippen LogP contribution in [0.2, 0.25) is 0 Å². The topological polar surface area (TPSA) is 21.1 Å². The van der Waals surface area contributed by atoms with Crippen LogP contribution in [0.3, 0.4) is 0 Å². The van der Waals surface area contributed by atoms with E-state index in [0.717, 1.165) is 5.95 Å². The van der Waals surface area contributed by atoms with Crippen LogP contribution in [0.25, 0.3) is 0 Å². The number of anilines is 1. The maximum absolute atomic E-state index is 4.23. The maximum atomic E-state index is 4.23. The SMILES string of the molecule is CC(C)N(C)c1nccn1C. The molecule has 0 aromatic carbocycles. The number of nitrogens with zero attached hydrogens (tertiary/aromatic N) is 3. The minimum atomic E-state index is 0.496. The van der Waals surface area contributed by atoms with E-state index < -0.39 is 0 Å². The Balaban J connectivity index is 2.84. The molecule has 0 atom stereocenters. The lowest BCUT2D eigenvalue weighted by molar-refractivity contribution is 0.707. The molecule has 0 aliphatic heterocycles. The van der Waals surface area contributed by atoms with E-state index >= 15 is 0 Å². The summed E-state index contributed by atoms with van der Waals surface area (Å²) in [6.07, 6.45) is 3.77. The molecular weight excluding hydrogens is 138 g/mol. The zero-order chi connectivity index (χ0) is 8.43. The average molecular weight is 153 g/mol. The Morgan fingerprint density at radius 3 is 2.55 bits per heavy atom. The van der Waals surface area contributed by atoms with Gasteiger partial charge in [-0.3, -0.25) is 0 Å². The molecule has 0 saturated carbocycles. The molecule has 0 unspecified atom stereocenters. The van der Waals surface area contributed by atoms with Gasteiger partial charge in [0, 0.05) is 32.5 Å². The van der Waals surface area contributed by atoms with Gasteiger partial charge in [0.05, 0.1) is 0 Å². The van der Waals surface area contributed by atoms with Gasteiger partial charge >= 0.3 is 0 Å². The molecule has 0 radical (unpaired) electrons. The van der Waals surface area contributed by atoms with Crippen molar-refractivity contribution in [3.63, 3.8) is 0 Å². The molecule has 3 heteroatoms. The Hall–Kier alpha value is -0.990. The van der Waals surface area contributed by atoms with E-state index in [1.54, 1.807) is 0 Å². The molecule has 0 spiro atoms. The first kappa shape index (κ1) is 8.11. The molecule has 11 heavy (non-hydrogen) atoms. The van der Waals surface area contributed by atoms with Crippen molar-refractivity contribution in [2.45, 2.75) is 19.9 Å². The highest BCUT2D eigenvalue weighted by Crippen LogP contribution is 2.09. The largest absolute Gasteiger partial charge is 0.343 e. The first-order valence-corrected chi connectivity index (χ1v) is 3.83. The minimum Gasteiger partial charge on any atom is -0.343 e. The third-order valence-electron chi connectivity index (χ3n) is 1.89. The van der Waals surface area contributed by atoms with Gasteiger partial charge in [0.15, 0.2) is 0 Å². The summed E-state index contributed by atoms with van der Waals surface area (Å²) in [7, 11) is 4.05. The van der Waals surface area contributed by atoms with Crippen LogP contribution in [0.4, 0.5) is 5.95 Å². The van der Waals surface area contributed by atoms with E-state index in [9.17, 15) is 0 Å². The van der Waals surface area contributed by atoms with Crippen molar-refractivity contribution in [3.8, 4) is 0 Å².